The first kappa shape index (κ1) is 21.7. The Morgan fingerprint density at radius 3 is 2.43 bits per heavy atom. The molecule has 2 rings (SSSR count). The summed E-state index contributed by atoms with van der Waals surface area (Å²) in [4.78, 5) is 11.2. The number of carboxylic acids is 1. The predicted octanol–water partition coefficient (Wildman–Crippen LogP) is 3.13. The number of hydrogen-bond acceptors (Lipinski definition) is 5. The fraction of sp³-hybridized carbons (Fsp3) is 0.350. The third-order valence-electron chi connectivity index (χ3n) is 4.23. The number of hydrogen-bond donors (Lipinski definition) is 3. The number of nitrogens with one attached hydrogen (secondary N) is 2. The van der Waals surface area contributed by atoms with Crippen LogP contribution in [0.2, 0.25) is 0 Å². The molecule has 0 radical (unpaired) electrons. The molecular weight excluding hydrogens is 380 g/mol. The van der Waals surface area contributed by atoms with E-state index >= 15 is 0 Å². The summed E-state index contributed by atoms with van der Waals surface area (Å²) >= 11 is 0. The number of rotatable bonds is 11. The van der Waals surface area contributed by atoms with E-state index < -0.39 is 16.0 Å². The van der Waals surface area contributed by atoms with E-state index in [1.807, 2.05) is 31.2 Å². The normalized spacial score (nSPS) is 11.2. The Morgan fingerprint density at radius 2 is 1.82 bits per heavy atom. The highest BCUT2D eigenvalue weighted by Gasteiger charge is 2.20. The Morgan fingerprint density at radius 1 is 1.11 bits per heavy atom. The van der Waals surface area contributed by atoms with Gasteiger partial charge in [0, 0.05) is 13.1 Å². The molecule has 0 aliphatic heterocycles. The average Bonchev–Trinajstić information content (AvgIpc) is 2.68. The topological polar surface area (TPSA) is 105 Å². The second-order valence-electron chi connectivity index (χ2n) is 6.29. The maximum absolute atomic E-state index is 12.6. The van der Waals surface area contributed by atoms with Crippen molar-refractivity contribution in [2.45, 2.75) is 31.1 Å². The highest BCUT2D eigenvalue weighted by molar-refractivity contribution is 7.89. The number of aromatic carboxylic acids is 1. The molecule has 152 valence electrons. The number of methoxy groups -OCH3 is 1. The van der Waals surface area contributed by atoms with Crippen LogP contribution >= 0.6 is 0 Å². The molecule has 0 spiro atoms. The summed E-state index contributed by atoms with van der Waals surface area (Å²) in [6, 6.07) is 11.7. The Kier molecular flexibility index (Phi) is 7.83. The zero-order chi connectivity index (χ0) is 20.6. The summed E-state index contributed by atoms with van der Waals surface area (Å²) in [6.45, 7) is 2.77. The number of sulfonamides is 1. The van der Waals surface area contributed by atoms with Gasteiger partial charge in [-0.05, 0) is 48.7 Å². The van der Waals surface area contributed by atoms with E-state index in [0.29, 0.717) is 31.6 Å². The van der Waals surface area contributed by atoms with Crippen molar-refractivity contribution in [1.29, 1.82) is 0 Å². The zero-order valence-corrected chi connectivity index (χ0v) is 16.9. The number of benzene rings is 2. The van der Waals surface area contributed by atoms with E-state index in [1.54, 1.807) is 7.11 Å². The second kappa shape index (κ2) is 10.1. The van der Waals surface area contributed by atoms with Gasteiger partial charge in [-0.1, -0.05) is 25.5 Å². The van der Waals surface area contributed by atoms with Gasteiger partial charge in [-0.25, -0.2) is 17.9 Å². The van der Waals surface area contributed by atoms with Crippen molar-refractivity contribution in [3.63, 3.8) is 0 Å². The summed E-state index contributed by atoms with van der Waals surface area (Å²) in [5.41, 5.74) is 1.38. The summed E-state index contributed by atoms with van der Waals surface area (Å²) in [7, 11) is -2.21. The van der Waals surface area contributed by atoms with Crippen LogP contribution in [0.15, 0.2) is 47.4 Å². The van der Waals surface area contributed by atoms with Gasteiger partial charge in [-0.3, -0.25) is 0 Å². The van der Waals surface area contributed by atoms with Crippen molar-refractivity contribution in [2.24, 2.45) is 0 Å². The van der Waals surface area contributed by atoms with Crippen LogP contribution in [0.5, 0.6) is 5.75 Å². The van der Waals surface area contributed by atoms with Gasteiger partial charge in [0.2, 0.25) is 10.0 Å². The largest absolute Gasteiger partial charge is 0.497 e. The molecule has 0 aliphatic carbocycles. The highest BCUT2D eigenvalue weighted by Crippen LogP contribution is 2.23. The Balaban J connectivity index is 2.16. The lowest BCUT2D eigenvalue weighted by Crippen LogP contribution is -2.26. The molecule has 0 heterocycles. The van der Waals surface area contributed by atoms with E-state index in [-0.39, 0.29) is 10.5 Å². The van der Waals surface area contributed by atoms with Gasteiger partial charge < -0.3 is 15.2 Å². The van der Waals surface area contributed by atoms with Gasteiger partial charge in [-0.15, -0.1) is 0 Å². The minimum Gasteiger partial charge on any atom is -0.497 e. The molecule has 3 N–H and O–H groups in total. The fourth-order valence-electron chi connectivity index (χ4n) is 2.62. The molecule has 7 nitrogen and oxygen atoms in total. The van der Waals surface area contributed by atoms with Crippen LogP contribution in [0.25, 0.3) is 0 Å². The maximum atomic E-state index is 12.6. The van der Waals surface area contributed by atoms with Crippen molar-refractivity contribution >= 4 is 21.7 Å². The maximum Gasteiger partial charge on any atom is 0.335 e. The minimum absolute atomic E-state index is 0.0572. The first-order valence-corrected chi connectivity index (χ1v) is 10.6. The van der Waals surface area contributed by atoms with Crippen LogP contribution in [0.4, 0.5) is 5.69 Å². The summed E-state index contributed by atoms with van der Waals surface area (Å²) < 4.78 is 33.0. The average molecular weight is 407 g/mol. The summed E-state index contributed by atoms with van der Waals surface area (Å²) in [5, 5.41) is 12.3. The van der Waals surface area contributed by atoms with Gasteiger partial charge in [-0.2, -0.15) is 0 Å². The van der Waals surface area contributed by atoms with Gasteiger partial charge in [0.1, 0.15) is 10.6 Å². The van der Waals surface area contributed by atoms with E-state index in [2.05, 4.69) is 10.0 Å². The third-order valence-corrected chi connectivity index (χ3v) is 5.73. The zero-order valence-electron chi connectivity index (χ0n) is 16.1. The van der Waals surface area contributed by atoms with Gasteiger partial charge in [0.15, 0.2) is 0 Å². The van der Waals surface area contributed by atoms with Crippen molar-refractivity contribution in [1.82, 2.24) is 4.72 Å². The smallest absolute Gasteiger partial charge is 0.335 e. The molecule has 0 saturated carbocycles. The SMILES string of the molecule is CCCCNS(=O)(=O)c1cc(C(=O)O)ccc1NCCc1ccc(OC)cc1. The van der Waals surface area contributed by atoms with E-state index in [1.165, 1.54) is 18.2 Å². The number of carbonyl (C=O) groups is 1. The molecule has 0 fully saturated rings. The number of ether oxygens (including phenoxy) is 1. The van der Waals surface area contributed by atoms with Crippen molar-refractivity contribution in [3.8, 4) is 5.75 Å². The molecule has 0 atom stereocenters. The molecule has 2 aromatic carbocycles. The Hall–Kier alpha value is -2.58. The lowest BCUT2D eigenvalue weighted by molar-refractivity contribution is 0.0696. The van der Waals surface area contributed by atoms with Crippen LogP contribution in [0.3, 0.4) is 0 Å². The molecule has 0 bridgehead atoms. The molecule has 8 heteroatoms. The molecule has 0 unspecified atom stereocenters. The third kappa shape index (κ3) is 5.97. The quantitative estimate of drug-likeness (QED) is 0.495. The molecule has 0 aliphatic rings. The van der Waals surface area contributed by atoms with Crippen molar-refractivity contribution < 1.29 is 23.1 Å². The first-order valence-electron chi connectivity index (χ1n) is 9.11. The van der Waals surface area contributed by atoms with Crippen LogP contribution in [0.1, 0.15) is 35.7 Å². The lowest BCUT2D eigenvalue weighted by atomic mass is 10.1. The van der Waals surface area contributed by atoms with Crippen LogP contribution in [-0.4, -0.2) is 39.7 Å². The first-order chi connectivity index (χ1) is 13.4. The molecule has 0 saturated heterocycles. The Labute approximate surface area is 165 Å². The number of unbranched alkanes of at least 4 members (excludes halogenated alkanes) is 1. The summed E-state index contributed by atoms with van der Waals surface area (Å²) in [5.74, 6) is -0.401. The van der Waals surface area contributed by atoms with E-state index in [9.17, 15) is 18.3 Å². The minimum atomic E-state index is -3.82. The standard InChI is InChI=1S/C20H26N2O5S/c1-3-4-12-22-28(25,26)19-14-16(20(23)24)7-10-18(19)21-13-11-15-5-8-17(27-2)9-6-15/h5-10,14,21-22H,3-4,11-13H2,1-2H3,(H,23,24). The molecule has 28 heavy (non-hydrogen) atoms. The van der Waals surface area contributed by atoms with Crippen LogP contribution < -0.4 is 14.8 Å². The monoisotopic (exact) mass is 406 g/mol. The molecule has 0 amide bonds. The lowest BCUT2D eigenvalue weighted by Gasteiger charge is -2.14. The van der Waals surface area contributed by atoms with E-state index in [4.69, 9.17) is 4.74 Å². The number of carboxylic acid groups (broad SMARTS) is 1. The van der Waals surface area contributed by atoms with E-state index in [0.717, 1.165) is 17.7 Å². The van der Waals surface area contributed by atoms with Gasteiger partial charge >= 0.3 is 5.97 Å². The summed E-state index contributed by atoms with van der Waals surface area (Å²) in [6.07, 6.45) is 2.23. The van der Waals surface area contributed by atoms with Gasteiger partial charge in [0.25, 0.3) is 0 Å². The molecule has 2 aromatic rings. The second-order valence-corrected chi connectivity index (χ2v) is 8.03. The van der Waals surface area contributed by atoms with Crippen LogP contribution in [0, 0.1) is 0 Å². The van der Waals surface area contributed by atoms with Crippen LogP contribution in [-0.2, 0) is 16.4 Å². The van der Waals surface area contributed by atoms with Crippen molar-refractivity contribution in [3.05, 3.63) is 53.6 Å². The molecule has 0 aromatic heterocycles. The van der Waals surface area contributed by atoms with Crippen molar-refractivity contribution in [2.75, 3.05) is 25.5 Å². The fourth-order valence-corrected chi connectivity index (χ4v) is 3.90. The highest BCUT2D eigenvalue weighted by atomic mass is 32.2. The predicted molar refractivity (Wildman–Crippen MR) is 109 cm³/mol. The Bertz CT molecular complexity index is 895. The molecular formula is C20H26N2O5S. The number of anilines is 1. The van der Waals surface area contributed by atoms with Gasteiger partial charge in [0.05, 0.1) is 18.4 Å².